The minimum atomic E-state index is -1.40. The highest BCUT2D eigenvalue weighted by Gasteiger charge is 2.63. The Kier molecular flexibility index (Phi) is 4.81. The second-order valence-electron chi connectivity index (χ2n) is 8.12. The summed E-state index contributed by atoms with van der Waals surface area (Å²) in [6, 6.07) is -0.707. The summed E-state index contributed by atoms with van der Waals surface area (Å²) in [5.74, 6) is -2.54. The third kappa shape index (κ3) is 3.45. The van der Waals surface area contributed by atoms with Gasteiger partial charge in [0.05, 0.1) is 5.41 Å². The van der Waals surface area contributed by atoms with Crippen LogP contribution in [0.25, 0.3) is 0 Å². The zero-order chi connectivity index (χ0) is 18.7. The highest BCUT2D eigenvalue weighted by Crippen LogP contribution is 2.53. The monoisotopic (exact) mass is 421 g/mol. The van der Waals surface area contributed by atoms with Crippen molar-refractivity contribution in [3.63, 3.8) is 0 Å². The Hall–Kier alpha value is -0.760. The number of nitrogens with zero attached hydrogens (tertiary/aromatic N) is 1. The Morgan fingerprint density at radius 3 is 2.21 bits per heavy atom. The second kappa shape index (κ2) is 5.90. The number of amides is 1. The quantitative estimate of drug-likeness (QED) is 0.301. The van der Waals surface area contributed by atoms with Crippen molar-refractivity contribution in [3.8, 4) is 0 Å². The van der Waals surface area contributed by atoms with Gasteiger partial charge in [-0.1, -0.05) is 15.9 Å². The summed E-state index contributed by atoms with van der Waals surface area (Å²) in [5.41, 5.74) is -0.701. The van der Waals surface area contributed by atoms with Crippen molar-refractivity contribution >= 4 is 45.5 Å². The van der Waals surface area contributed by atoms with Crippen LogP contribution in [0.1, 0.15) is 48.5 Å². The molecule has 2 aliphatic heterocycles. The number of rotatable bonds is 3. The van der Waals surface area contributed by atoms with Crippen LogP contribution >= 0.6 is 27.7 Å². The largest absolute Gasteiger partial charge is 0.423 e. The lowest BCUT2D eigenvalue weighted by atomic mass is 9.97. The summed E-state index contributed by atoms with van der Waals surface area (Å²) in [5, 5.41) is -0.0784. The predicted molar refractivity (Wildman–Crippen MR) is 94.5 cm³/mol. The van der Waals surface area contributed by atoms with Crippen LogP contribution in [0.5, 0.6) is 0 Å². The summed E-state index contributed by atoms with van der Waals surface area (Å²) in [6.45, 7) is 12.0. The Bertz CT molecular complexity index is 584. The molecule has 3 atom stereocenters. The van der Waals surface area contributed by atoms with E-state index in [0.29, 0.717) is 0 Å². The molecule has 0 aliphatic carbocycles. The van der Waals surface area contributed by atoms with Crippen molar-refractivity contribution < 1.29 is 23.9 Å². The maximum Gasteiger partial charge on any atom is 0.333 e. The van der Waals surface area contributed by atoms with E-state index in [1.165, 1.54) is 13.8 Å². The SMILES string of the molecule is CC(C)(OC(=O)[C@@H]1N2C(=O)[C@@H](Br)[C@H]2SC1(C)C)OC(=O)C(C)(C)C. The van der Waals surface area contributed by atoms with Gasteiger partial charge in [-0.15, -0.1) is 11.8 Å². The number of halogens is 1. The van der Waals surface area contributed by atoms with Crippen LogP contribution in [0.3, 0.4) is 0 Å². The standard InChI is InChI=1S/C16H24BrNO5S/c1-14(2,3)13(21)23-16(6,7)22-12(20)9-15(4,5)24-11-8(17)10(19)18(9)11/h8-9,11H,1-7H3/t8-,9+,11-/m1/s1. The third-order valence-electron chi connectivity index (χ3n) is 3.90. The first kappa shape index (κ1) is 19.6. The van der Waals surface area contributed by atoms with E-state index in [1.54, 1.807) is 37.4 Å². The van der Waals surface area contributed by atoms with Gasteiger partial charge < -0.3 is 14.4 Å². The molecule has 2 heterocycles. The molecule has 2 saturated heterocycles. The molecule has 0 saturated carbocycles. The lowest BCUT2D eigenvalue weighted by Crippen LogP contribution is -2.64. The molecule has 0 radical (unpaired) electrons. The number of β-lactam (4-membered cyclic amide) rings is 1. The summed E-state index contributed by atoms with van der Waals surface area (Å²) < 4.78 is 10.3. The van der Waals surface area contributed by atoms with Crippen molar-refractivity contribution in [2.45, 2.75) is 75.2 Å². The first-order valence-electron chi connectivity index (χ1n) is 7.78. The van der Waals surface area contributed by atoms with Gasteiger partial charge in [0, 0.05) is 18.6 Å². The predicted octanol–water partition coefficient (Wildman–Crippen LogP) is 2.68. The van der Waals surface area contributed by atoms with Gasteiger partial charge in [0.15, 0.2) is 0 Å². The lowest BCUT2D eigenvalue weighted by molar-refractivity contribution is -0.225. The lowest BCUT2D eigenvalue weighted by Gasteiger charge is -2.42. The molecule has 0 aromatic carbocycles. The maximum atomic E-state index is 12.7. The molecule has 0 spiro atoms. The van der Waals surface area contributed by atoms with Gasteiger partial charge in [-0.2, -0.15) is 0 Å². The van der Waals surface area contributed by atoms with E-state index in [1.807, 2.05) is 13.8 Å². The Labute approximate surface area is 155 Å². The first-order chi connectivity index (χ1) is 10.7. The first-order valence-corrected chi connectivity index (χ1v) is 9.57. The number of esters is 2. The smallest absolute Gasteiger partial charge is 0.333 e. The zero-order valence-corrected chi connectivity index (χ0v) is 17.4. The van der Waals surface area contributed by atoms with Gasteiger partial charge in [-0.05, 0) is 34.6 Å². The van der Waals surface area contributed by atoms with Crippen LogP contribution in [-0.2, 0) is 23.9 Å². The molecule has 0 N–H and O–H groups in total. The summed E-state index contributed by atoms with van der Waals surface area (Å²) in [4.78, 5) is 38.1. The molecule has 0 aromatic rings. The molecule has 0 bridgehead atoms. The van der Waals surface area contributed by atoms with Gasteiger partial charge in [0.1, 0.15) is 16.2 Å². The molecule has 6 nitrogen and oxygen atoms in total. The normalized spacial score (nSPS) is 28.9. The van der Waals surface area contributed by atoms with Gasteiger partial charge in [0.2, 0.25) is 5.91 Å². The number of hydrogen-bond acceptors (Lipinski definition) is 6. The second-order valence-corrected chi connectivity index (χ2v) is 10.9. The third-order valence-corrected chi connectivity index (χ3v) is 6.71. The van der Waals surface area contributed by atoms with Crippen molar-refractivity contribution in [1.82, 2.24) is 4.90 Å². The molecule has 1 amide bonds. The summed E-state index contributed by atoms with van der Waals surface area (Å²) in [6.07, 6.45) is 0. The van der Waals surface area contributed by atoms with Gasteiger partial charge in [-0.3, -0.25) is 9.59 Å². The Balaban J connectivity index is 2.11. The maximum absolute atomic E-state index is 12.7. The average molecular weight is 422 g/mol. The van der Waals surface area contributed by atoms with E-state index >= 15 is 0 Å². The number of carbonyl (C=O) groups excluding carboxylic acids is 3. The van der Waals surface area contributed by atoms with Crippen LogP contribution in [0.15, 0.2) is 0 Å². The minimum absolute atomic E-state index is 0.0784. The topological polar surface area (TPSA) is 72.9 Å². The molecule has 2 aliphatic rings. The molecular formula is C16H24BrNO5S. The molecule has 2 fully saturated rings. The van der Waals surface area contributed by atoms with Crippen LogP contribution in [0.2, 0.25) is 0 Å². The number of carbonyl (C=O) groups is 3. The van der Waals surface area contributed by atoms with E-state index < -0.39 is 33.9 Å². The number of thioether (sulfide) groups is 1. The molecular weight excluding hydrogens is 398 g/mol. The van der Waals surface area contributed by atoms with Crippen molar-refractivity contribution in [1.29, 1.82) is 0 Å². The fourth-order valence-corrected chi connectivity index (χ4v) is 4.99. The number of ether oxygens (including phenoxy) is 2. The Morgan fingerprint density at radius 2 is 1.71 bits per heavy atom. The highest BCUT2D eigenvalue weighted by atomic mass is 79.9. The van der Waals surface area contributed by atoms with Crippen molar-refractivity contribution in [3.05, 3.63) is 0 Å². The number of hydrogen-bond donors (Lipinski definition) is 0. The van der Waals surface area contributed by atoms with Gasteiger partial charge in [0.25, 0.3) is 5.79 Å². The number of fused-ring (bicyclic) bond motifs is 1. The van der Waals surface area contributed by atoms with Crippen molar-refractivity contribution in [2.75, 3.05) is 0 Å². The molecule has 24 heavy (non-hydrogen) atoms. The van der Waals surface area contributed by atoms with E-state index in [2.05, 4.69) is 15.9 Å². The van der Waals surface area contributed by atoms with Gasteiger partial charge >= 0.3 is 11.9 Å². The summed E-state index contributed by atoms with van der Waals surface area (Å²) in [7, 11) is 0. The molecule has 136 valence electrons. The highest BCUT2D eigenvalue weighted by molar-refractivity contribution is 9.10. The van der Waals surface area contributed by atoms with E-state index in [4.69, 9.17) is 9.47 Å². The van der Waals surface area contributed by atoms with E-state index in [9.17, 15) is 14.4 Å². The van der Waals surface area contributed by atoms with Crippen molar-refractivity contribution in [2.24, 2.45) is 5.41 Å². The van der Waals surface area contributed by atoms with Crippen LogP contribution in [0, 0.1) is 5.41 Å². The Morgan fingerprint density at radius 1 is 1.17 bits per heavy atom. The average Bonchev–Trinajstić information content (AvgIpc) is 2.64. The molecule has 0 unspecified atom stereocenters. The molecule has 2 rings (SSSR count). The van der Waals surface area contributed by atoms with Crippen LogP contribution in [-0.4, -0.2) is 49.5 Å². The zero-order valence-electron chi connectivity index (χ0n) is 15.0. The minimum Gasteiger partial charge on any atom is -0.423 e. The summed E-state index contributed by atoms with van der Waals surface area (Å²) >= 11 is 4.90. The molecule has 0 aromatic heterocycles. The van der Waals surface area contributed by atoms with E-state index in [0.717, 1.165) is 0 Å². The van der Waals surface area contributed by atoms with Gasteiger partial charge in [-0.25, -0.2) is 4.79 Å². The number of alkyl halides is 1. The van der Waals surface area contributed by atoms with Crippen LogP contribution < -0.4 is 0 Å². The fraction of sp³-hybridized carbons (Fsp3) is 0.812. The molecule has 8 heteroatoms. The van der Waals surface area contributed by atoms with Crippen LogP contribution in [0.4, 0.5) is 0 Å². The van der Waals surface area contributed by atoms with E-state index in [-0.39, 0.29) is 16.1 Å². The fourth-order valence-electron chi connectivity index (χ4n) is 2.64.